The predicted octanol–water partition coefficient (Wildman–Crippen LogP) is 0.220. The lowest BCUT2D eigenvalue weighted by atomic mass is 10.3. The summed E-state index contributed by atoms with van der Waals surface area (Å²) < 4.78 is 4.46. The molecule has 0 aliphatic carbocycles. The van der Waals surface area contributed by atoms with Crippen LogP contribution in [-0.2, 0) is 4.74 Å². The fourth-order valence-electron chi connectivity index (χ4n) is 1.23. The molecule has 82 valence electrons. The number of esters is 1. The number of carbonyl (C=O) groups is 1. The van der Waals surface area contributed by atoms with Gasteiger partial charge >= 0.3 is 5.97 Å². The van der Waals surface area contributed by atoms with Crippen molar-refractivity contribution in [1.29, 1.82) is 0 Å². The van der Waals surface area contributed by atoms with Crippen LogP contribution in [-0.4, -0.2) is 38.4 Å². The van der Waals surface area contributed by atoms with Crippen LogP contribution in [0.2, 0.25) is 0 Å². The van der Waals surface area contributed by atoms with Gasteiger partial charge in [0.2, 0.25) is 0 Å². The normalized spacial score (nSPS) is 10.4. The third-order valence-corrected chi connectivity index (χ3v) is 1.96. The molecule has 1 N–H and O–H groups in total. The van der Waals surface area contributed by atoms with Crippen molar-refractivity contribution in [3.05, 3.63) is 17.7 Å². The van der Waals surface area contributed by atoms with E-state index in [4.69, 9.17) is 0 Å². The molecule has 0 aromatic carbocycles. The van der Waals surface area contributed by atoms with Crippen molar-refractivity contribution in [2.75, 3.05) is 7.11 Å². The minimum absolute atomic E-state index is 0.126. The summed E-state index contributed by atoms with van der Waals surface area (Å²) in [4.78, 5) is 19.0. The summed E-state index contributed by atoms with van der Waals surface area (Å²) in [6.07, 6.45) is 1.34. The average Bonchev–Trinajstić information content (AvgIpc) is 2.28. The Morgan fingerprint density at radius 2 is 2.19 bits per heavy atom. The lowest BCUT2D eigenvalue weighted by Gasteiger charge is -2.03. The fraction of sp³-hybridized carbons (Fsp3) is 0.222. The molecule has 0 spiro atoms. The van der Waals surface area contributed by atoms with Gasteiger partial charge in [-0.2, -0.15) is 0 Å². The zero-order valence-corrected chi connectivity index (χ0v) is 8.63. The fourth-order valence-corrected chi connectivity index (χ4v) is 1.23. The van der Waals surface area contributed by atoms with Crippen LogP contribution in [0, 0.1) is 6.92 Å². The van der Waals surface area contributed by atoms with Gasteiger partial charge in [-0.15, -0.1) is 10.2 Å². The van der Waals surface area contributed by atoms with Crippen LogP contribution >= 0.6 is 0 Å². The second kappa shape index (κ2) is 3.69. The standard InChI is InChI=1S/C9H8N4O3/c1-4-11-5-3-10-7(9(15)16-2)8(14)6(5)13-12-4/h3,14H,1-2H3. The molecule has 7 nitrogen and oxygen atoms in total. The second-order valence-electron chi connectivity index (χ2n) is 3.04. The van der Waals surface area contributed by atoms with Crippen LogP contribution < -0.4 is 0 Å². The van der Waals surface area contributed by atoms with Gasteiger partial charge in [-0.3, -0.25) is 0 Å². The molecule has 2 heterocycles. The molecule has 0 saturated heterocycles. The Balaban J connectivity index is 2.70. The number of hydrogen-bond acceptors (Lipinski definition) is 7. The topological polar surface area (TPSA) is 98.1 Å². The quantitative estimate of drug-likeness (QED) is 0.686. The highest BCUT2D eigenvalue weighted by molar-refractivity contribution is 5.96. The molecule has 0 aliphatic heterocycles. The first-order valence-electron chi connectivity index (χ1n) is 4.41. The third kappa shape index (κ3) is 1.52. The van der Waals surface area contributed by atoms with Gasteiger partial charge in [0.15, 0.2) is 17.0 Å². The van der Waals surface area contributed by atoms with E-state index in [-0.39, 0.29) is 17.0 Å². The Morgan fingerprint density at radius 1 is 1.44 bits per heavy atom. The number of rotatable bonds is 1. The number of pyridine rings is 1. The molecule has 0 fully saturated rings. The Morgan fingerprint density at radius 3 is 2.88 bits per heavy atom. The van der Waals surface area contributed by atoms with Crippen molar-refractivity contribution in [3.63, 3.8) is 0 Å². The molecule has 0 saturated carbocycles. The lowest BCUT2D eigenvalue weighted by Crippen LogP contribution is -2.06. The molecule has 16 heavy (non-hydrogen) atoms. The predicted molar refractivity (Wildman–Crippen MR) is 52.9 cm³/mol. The SMILES string of the molecule is COC(=O)c1ncc2nc(C)nnc2c1O. The molecule has 7 heteroatoms. The maximum atomic E-state index is 11.2. The van der Waals surface area contributed by atoms with Crippen molar-refractivity contribution in [2.45, 2.75) is 6.92 Å². The van der Waals surface area contributed by atoms with Gasteiger partial charge in [-0.1, -0.05) is 0 Å². The number of ether oxygens (including phenoxy) is 1. The summed E-state index contributed by atoms with van der Waals surface area (Å²) in [7, 11) is 1.20. The van der Waals surface area contributed by atoms with Gasteiger partial charge in [-0.25, -0.2) is 14.8 Å². The van der Waals surface area contributed by atoms with E-state index in [0.717, 1.165) is 0 Å². The molecule has 2 rings (SSSR count). The monoisotopic (exact) mass is 220 g/mol. The Hall–Kier alpha value is -2.31. The number of fused-ring (bicyclic) bond motifs is 1. The first-order valence-corrected chi connectivity index (χ1v) is 4.41. The van der Waals surface area contributed by atoms with Gasteiger partial charge in [-0.05, 0) is 6.92 Å². The van der Waals surface area contributed by atoms with Crippen molar-refractivity contribution >= 4 is 17.0 Å². The molecule has 0 unspecified atom stereocenters. The highest BCUT2D eigenvalue weighted by Crippen LogP contribution is 2.23. The third-order valence-electron chi connectivity index (χ3n) is 1.96. The van der Waals surface area contributed by atoms with Gasteiger partial charge in [0.1, 0.15) is 11.3 Å². The molecule has 0 aliphatic rings. The number of carbonyl (C=O) groups excluding carboxylic acids is 1. The number of nitrogens with zero attached hydrogens (tertiary/aromatic N) is 4. The summed E-state index contributed by atoms with van der Waals surface area (Å²) in [5.41, 5.74) is 0.300. The first-order chi connectivity index (χ1) is 7.63. The number of hydrogen-bond donors (Lipinski definition) is 1. The molecule has 2 aromatic heterocycles. The van der Waals surface area contributed by atoms with E-state index in [9.17, 15) is 9.90 Å². The summed E-state index contributed by atoms with van der Waals surface area (Å²) in [6.45, 7) is 1.66. The van der Waals surface area contributed by atoms with Crippen LogP contribution in [0.1, 0.15) is 16.3 Å². The molecule has 2 aromatic rings. The molecular weight excluding hydrogens is 212 g/mol. The first kappa shape index (κ1) is 10.2. The van der Waals surface area contributed by atoms with E-state index in [0.29, 0.717) is 11.3 Å². The highest BCUT2D eigenvalue weighted by atomic mass is 16.5. The molecule has 0 amide bonds. The summed E-state index contributed by atoms with van der Waals surface area (Å²) in [5.74, 6) is -0.648. The molecule has 0 atom stereocenters. The van der Waals surface area contributed by atoms with E-state index in [1.165, 1.54) is 13.3 Å². The minimum atomic E-state index is -0.734. The van der Waals surface area contributed by atoms with E-state index in [2.05, 4.69) is 24.9 Å². The maximum Gasteiger partial charge on any atom is 0.360 e. The molecule has 0 radical (unpaired) electrons. The molecule has 0 bridgehead atoms. The van der Waals surface area contributed by atoms with Crippen LogP contribution in [0.25, 0.3) is 11.0 Å². The zero-order chi connectivity index (χ0) is 11.7. The molecular formula is C9H8N4O3. The van der Waals surface area contributed by atoms with E-state index < -0.39 is 5.97 Å². The minimum Gasteiger partial charge on any atom is -0.504 e. The average molecular weight is 220 g/mol. The van der Waals surface area contributed by atoms with Crippen LogP contribution in [0.5, 0.6) is 5.75 Å². The number of aromatic hydroxyl groups is 1. The summed E-state index contributed by atoms with van der Waals surface area (Å²) in [5, 5.41) is 17.2. The Labute approximate surface area is 90.1 Å². The van der Waals surface area contributed by atoms with Crippen LogP contribution in [0.3, 0.4) is 0 Å². The number of aromatic nitrogens is 4. The van der Waals surface area contributed by atoms with Gasteiger partial charge in [0.05, 0.1) is 13.3 Å². The van der Waals surface area contributed by atoms with Crippen LogP contribution in [0.4, 0.5) is 0 Å². The van der Waals surface area contributed by atoms with Crippen LogP contribution in [0.15, 0.2) is 6.20 Å². The lowest BCUT2D eigenvalue weighted by molar-refractivity contribution is 0.0591. The van der Waals surface area contributed by atoms with Crippen molar-refractivity contribution in [2.24, 2.45) is 0 Å². The van der Waals surface area contributed by atoms with Gasteiger partial charge < -0.3 is 9.84 Å². The van der Waals surface area contributed by atoms with Gasteiger partial charge in [0.25, 0.3) is 0 Å². The maximum absolute atomic E-state index is 11.2. The summed E-state index contributed by atoms with van der Waals surface area (Å²) >= 11 is 0. The van der Waals surface area contributed by atoms with Crippen molar-refractivity contribution in [3.8, 4) is 5.75 Å². The van der Waals surface area contributed by atoms with Crippen molar-refractivity contribution in [1.82, 2.24) is 20.2 Å². The van der Waals surface area contributed by atoms with E-state index in [1.54, 1.807) is 6.92 Å². The Kier molecular flexibility index (Phi) is 2.35. The number of methoxy groups -OCH3 is 1. The number of aryl methyl sites for hydroxylation is 1. The largest absolute Gasteiger partial charge is 0.504 e. The second-order valence-corrected chi connectivity index (χ2v) is 3.04. The smallest absolute Gasteiger partial charge is 0.360 e. The Bertz CT molecular complexity index is 570. The highest BCUT2D eigenvalue weighted by Gasteiger charge is 2.17. The van der Waals surface area contributed by atoms with E-state index >= 15 is 0 Å². The van der Waals surface area contributed by atoms with Crippen molar-refractivity contribution < 1.29 is 14.6 Å². The van der Waals surface area contributed by atoms with E-state index in [1.807, 2.05) is 0 Å². The zero-order valence-electron chi connectivity index (χ0n) is 8.63. The summed E-state index contributed by atoms with van der Waals surface area (Å²) in [6, 6.07) is 0. The van der Waals surface area contributed by atoms with Gasteiger partial charge in [0, 0.05) is 0 Å².